The normalized spacial score (nSPS) is 19.4. The molecule has 2 fully saturated rings. The van der Waals surface area contributed by atoms with E-state index in [1.807, 2.05) is 16.8 Å². The van der Waals surface area contributed by atoms with Crippen molar-refractivity contribution < 1.29 is 13.2 Å². The molecule has 1 saturated carbocycles. The molecule has 10 heteroatoms. The number of aromatic nitrogens is 3. The smallest absolute Gasteiger partial charge is 0.211 e. The summed E-state index contributed by atoms with van der Waals surface area (Å²) in [7, 11) is -3.07. The molecule has 0 bridgehead atoms. The summed E-state index contributed by atoms with van der Waals surface area (Å²) in [6, 6.07) is 4.01. The first kappa shape index (κ1) is 20.1. The van der Waals surface area contributed by atoms with Gasteiger partial charge in [0.25, 0.3) is 0 Å². The molecule has 0 atom stereocenters. The number of fused-ring (bicyclic) bond motifs is 1. The lowest BCUT2D eigenvalue weighted by atomic mass is 10.3. The van der Waals surface area contributed by atoms with Crippen LogP contribution in [-0.4, -0.2) is 78.2 Å². The molecule has 1 aromatic heterocycles. The van der Waals surface area contributed by atoms with Crippen molar-refractivity contribution in [1.29, 1.82) is 0 Å². The fraction of sp³-hybridized carbons (Fsp3) is 0.667. The summed E-state index contributed by atoms with van der Waals surface area (Å²) in [4.78, 5) is 2.28. The monoisotopic (exact) mass is 471 g/mol. The topological polar surface area (TPSA) is 80.6 Å². The van der Waals surface area contributed by atoms with Crippen molar-refractivity contribution in [2.45, 2.75) is 25.8 Å². The van der Waals surface area contributed by atoms with Crippen LogP contribution in [0.15, 0.2) is 16.6 Å². The molecule has 0 radical (unpaired) electrons. The Labute approximate surface area is 174 Å². The Morgan fingerprint density at radius 3 is 2.64 bits per heavy atom. The van der Waals surface area contributed by atoms with Gasteiger partial charge in [-0.05, 0) is 53.2 Å². The highest BCUT2D eigenvalue weighted by atomic mass is 79.9. The lowest BCUT2D eigenvalue weighted by molar-refractivity contribution is 0.175. The van der Waals surface area contributed by atoms with E-state index in [4.69, 9.17) is 4.74 Å². The van der Waals surface area contributed by atoms with E-state index in [1.54, 1.807) is 4.31 Å². The third kappa shape index (κ3) is 4.67. The number of piperazine rings is 1. The van der Waals surface area contributed by atoms with Crippen LogP contribution in [0.1, 0.15) is 19.3 Å². The first-order valence-corrected chi connectivity index (χ1v) is 12.4. The van der Waals surface area contributed by atoms with E-state index in [-0.39, 0.29) is 0 Å². The second-order valence-corrected chi connectivity index (χ2v) is 10.4. The van der Waals surface area contributed by atoms with Gasteiger partial charge in [0.2, 0.25) is 10.0 Å². The highest BCUT2D eigenvalue weighted by Crippen LogP contribution is 2.34. The third-order valence-corrected chi connectivity index (χ3v) is 7.46. The van der Waals surface area contributed by atoms with Gasteiger partial charge in [0.15, 0.2) is 0 Å². The fourth-order valence-corrected chi connectivity index (χ4v) is 4.89. The molecule has 8 nitrogen and oxygen atoms in total. The second-order valence-electron chi connectivity index (χ2n) is 7.67. The zero-order valence-electron chi connectivity index (χ0n) is 16.1. The first-order chi connectivity index (χ1) is 13.4. The molecule has 4 rings (SSSR count). The maximum atomic E-state index is 11.6. The summed E-state index contributed by atoms with van der Waals surface area (Å²) in [6.07, 6.45) is 4.73. The van der Waals surface area contributed by atoms with Crippen LogP contribution in [0, 0.1) is 5.92 Å². The van der Waals surface area contributed by atoms with Gasteiger partial charge in [0.05, 0.1) is 22.9 Å². The van der Waals surface area contributed by atoms with E-state index in [0.29, 0.717) is 19.7 Å². The van der Waals surface area contributed by atoms with Crippen LogP contribution < -0.4 is 4.74 Å². The van der Waals surface area contributed by atoms with Crippen molar-refractivity contribution in [3.05, 3.63) is 16.6 Å². The summed E-state index contributed by atoms with van der Waals surface area (Å²) in [6.45, 7) is 5.12. The molecule has 0 N–H and O–H groups in total. The average molecular weight is 472 g/mol. The van der Waals surface area contributed by atoms with E-state index in [0.717, 1.165) is 59.8 Å². The van der Waals surface area contributed by atoms with Crippen LogP contribution in [0.2, 0.25) is 0 Å². The van der Waals surface area contributed by atoms with Gasteiger partial charge >= 0.3 is 0 Å². The Hall–Kier alpha value is -1.23. The summed E-state index contributed by atoms with van der Waals surface area (Å²) in [5.41, 5.74) is 1.88. The van der Waals surface area contributed by atoms with Crippen LogP contribution in [0.5, 0.6) is 5.75 Å². The van der Waals surface area contributed by atoms with Crippen LogP contribution in [0.3, 0.4) is 0 Å². The van der Waals surface area contributed by atoms with Crippen molar-refractivity contribution >= 4 is 37.0 Å². The quantitative estimate of drug-likeness (QED) is 0.547. The molecule has 0 unspecified atom stereocenters. The number of hydrogen-bond acceptors (Lipinski definition) is 6. The van der Waals surface area contributed by atoms with E-state index in [1.165, 1.54) is 19.1 Å². The Morgan fingerprint density at radius 1 is 1.21 bits per heavy atom. The molecular formula is C18H26BrN5O3S. The van der Waals surface area contributed by atoms with E-state index >= 15 is 0 Å². The molecule has 0 spiro atoms. The zero-order chi connectivity index (χ0) is 19.7. The summed E-state index contributed by atoms with van der Waals surface area (Å²) < 4.78 is 33.5. The summed E-state index contributed by atoms with van der Waals surface area (Å²) in [5, 5.41) is 8.60. The highest BCUT2D eigenvalue weighted by molar-refractivity contribution is 9.10. The molecule has 1 aliphatic heterocycles. The average Bonchev–Trinajstić information content (AvgIpc) is 3.38. The van der Waals surface area contributed by atoms with Gasteiger partial charge in [-0.25, -0.2) is 13.1 Å². The van der Waals surface area contributed by atoms with Gasteiger partial charge in [-0.15, -0.1) is 5.10 Å². The minimum atomic E-state index is -3.07. The molecule has 2 aromatic rings. The van der Waals surface area contributed by atoms with Gasteiger partial charge < -0.3 is 9.64 Å². The molecule has 2 aliphatic rings. The molecule has 2 heterocycles. The minimum absolute atomic E-state index is 0.568. The SMILES string of the molecule is CS(=O)(=O)N1CCN(CCCOc2ccc3c(nnn3CC3CC3)c2Br)CC1. The Kier molecular flexibility index (Phi) is 5.91. The van der Waals surface area contributed by atoms with Gasteiger partial charge in [0.1, 0.15) is 11.3 Å². The maximum Gasteiger partial charge on any atom is 0.211 e. The third-order valence-electron chi connectivity index (χ3n) is 5.39. The largest absolute Gasteiger partial charge is 0.492 e. The maximum absolute atomic E-state index is 11.6. The highest BCUT2D eigenvalue weighted by Gasteiger charge is 2.24. The zero-order valence-corrected chi connectivity index (χ0v) is 18.5. The number of halogens is 1. The predicted octanol–water partition coefficient (Wildman–Crippen LogP) is 1.95. The number of rotatable bonds is 8. The van der Waals surface area contributed by atoms with Crippen molar-refractivity contribution in [2.75, 3.05) is 45.6 Å². The van der Waals surface area contributed by atoms with Gasteiger partial charge in [-0.1, -0.05) is 5.21 Å². The number of sulfonamides is 1. The van der Waals surface area contributed by atoms with Crippen molar-refractivity contribution in [1.82, 2.24) is 24.2 Å². The predicted molar refractivity (Wildman–Crippen MR) is 111 cm³/mol. The first-order valence-electron chi connectivity index (χ1n) is 9.74. The van der Waals surface area contributed by atoms with Crippen LogP contribution in [-0.2, 0) is 16.6 Å². The Morgan fingerprint density at radius 2 is 1.96 bits per heavy atom. The van der Waals surface area contributed by atoms with Crippen molar-refractivity contribution in [2.24, 2.45) is 5.92 Å². The number of ether oxygens (including phenoxy) is 1. The van der Waals surface area contributed by atoms with Crippen LogP contribution in [0.25, 0.3) is 11.0 Å². The number of benzene rings is 1. The standard InChI is InChI=1S/C18H26BrN5O3S/c1-28(25,26)23-10-8-22(9-11-23)7-2-12-27-16-6-5-15-18(17(16)19)20-21-24(15)13-14-3-4-14/h5-6,14H,2-4,7-13H2,1H3. The number of hydrogen-bond donors (Lipinski definition) is 0. The summed E-state index contributed by atoms with van der Waals surface area (Å²) >= 11 is 3.62. The van der Waals surface area contributed by atoms with Gasteiger partial charge in [-0.2, -0.15) is 4.31 Å². The Bertz CT molecular complexity index is 936. The van der Waals surface area contributed by atoms with Gasteiger partial charge in [-0.3, -0.25) is 0 Å². The second kappa shape index (κ2) is 8.25. The molecular weight excluding hydrogens is 446 g/mol. The van der Waals surface area contributed by atoms with Crippen molar-refractivity contribution in [3.8, 4) is 5.75 Å². The van der Waals surface area contributed by atoms with Gasteiger partial charge in [0, 0.05) is 39.3 Å². The lowest BCUT2D eigenvalue weighted by Gasteiger charge is -2.33. The summed E-state index contributed by atoms with van der Waals surface area (Å²) in [5.74, 6) is 1.53. The molecule has 28 heavy (non-hydrogen) atoms. The Balaban J connectivity index is 1.26. The number of nitrogens with zero attached hydrogens (tertiary/aromatic N) is 5. The molecule has 1 aromatic carbocycles. The van der Waals surface area contributed by atoms with E-state index < -0.39 is 10.0 Å². The molecule has 1 aliphatic carbocycles. The van der Waals surface area contributed by atoms with E-state index in [9.17, 15) is 8.42 Å². The van der Waals surface area contributed by atoms with E-state index in [2.05, 4.69) is 31.1 Å². The molecule has 0 amide bonds. The fourth-order valence-electron chi connectivity index (χ4n) is 3.53. The lowest BCUT2D eigenvalue weighted by Crippen LogP contribution is -2.48. The minimum Gasteiger partial charge on any atom is -0.492 e. The van der Waals surface area contributed by atoms with Crippen molar-refractivity contribution in [3.63, 3.8) is 0 Å². The molecule has 1 saturated heterocycles. The van der Waals surface area contributed by atoms with Crippen LogP contribution in [0.4, 0.5) is 0 Å². The molecule has 154 valence electrons. The van der Waals surface area contributed by atoms with Crippen LogP contribution >= 0.6 is 15.9 Å².